The van der Waals surface area contributed by atoms with E-state index in [2.05, 4.69) is 10.00 Å². The minimum atomic E-state index is -2.75. The average Bonchev–Trinajstić information content (AvgIpc) is 3.04. The summed E-state index contributed by atoms with van der Waals surface area (Å²) in [6, 6.07) is 10.8. The van der Waals surface area contributed by atoms with Gasteiger partial charge >= 0.3 is 6.55 Å². The molecule has 1 aromatic heterocycles. The first-order valence-corrected chi connectivity index (χ1v) is 8.62. The molecule has 0 spiro atoms. The lowest BCUT2D eigenvalue weighted by Crippen LogP contribution is -2.36. The molecule has 2 heterocycles. The zero-order valence-electron chi connectivity index (χ0n) is 14.3. The number of aliphatic hydroxyl groups excluding tert-OH is 1. The van der Waals surface area contributed by atoms with E-state index in [9.17, 15) is 18.7 Å². The molecule has 1 fully saturated rings. The summed E-state index contributed by atoms with van der Waals surface area (Å²) < 4.78 is 25.7. The molecule has 1 aliphatic rings. The second-order valence-corrected chi connectivity index (χ2v) is 6.33. The Labute approximate surface area is 150 Å². The Hall–Kier alpha value is -2.32. The van der Waals surface area contributed by atoms with E-state index in [1.165, 1.54) is 6.07 Å². The smallest absolute Gasteiger partial charge is 0.333 e. The largest absolute Gasteiger partial charge is 0.387 e. The van der Waals surface area contributed by atoms with Gasteiger partial charge in [-0.1, -0.05) is 30.3 Å². The summed E-state index contributed by atoms with van der Waals surface area (Å²) in [6.07, 6.45) is 1.28. The van der Waals surface area contributed by atoms with Gasteiger partial charge in [0.15, 0.2) is 5.69 Å². The molecule has 26 heavy (non-hydrogen) atoms. The Balaban J connectivity index is 1.56. The second kappa shape index (κ2) is 8.37. The fourth-order valence-electron chi connectivity index (χ4n) is 3.10. The molecular weight excluding hydrogens is 342 g/mol. The van der Waals surface area contributed by atoms with E-state index in [0.29, 0.717) is 30.9 Å². The molecule has 2 aromatic rings. The van der Waals surface area contributed by atoms with Crippen molar-refractivity contribution in [1.82, 2.24) is 19.6 Å². The number of rotatable bonds is 5. The number of carbonyl (C=O) groups is 1. The van der Waals surface area contributed by atoms with Crippen LogP contribution in [0.5, 0.6) is 0 Å². The molecule has 1 aromatic carbocycles. The summed E-state index contributed by atoms with van der Waals surface area (Å²) in [7, 11) is 0. The Bertz CT molecular complexity index is 723. The van der Waals surface area contributed by atoms with Gasteiger partial charge in [-0.15, -0.1) is 0 Å². The molecule has 6 nitrogen and oxygen atoms in total. The molecule has 0 bridgehead atoms. The molecule has 0 aliphatic carbocycles. The summed E-state index contributed by atoms with van der Waals surface area (Å²) in [5, 5.41) is 14.0. The first kappa shape index (κ1) is 18.5. The normalized spacial score (nSPS) is 17.3. The summed E-state index contributed by atoms with van der Waals surface area (Å²) in [4.78, 5) is 16.2. The summed E-state index contributed by atoms with van der Waals surface area (Å²) in [5.41, 5.74) is 0.894. The molecule has 8 heteroatoms. The van der Waals surface area contributed by atoms with Gasteiger partial charge in [0.05, 0.1) is 6.10 Å². The third kappa shape index (κ3) is 4.44. The Morgan fingerprint density at radius 2 is 1.88 bits per heavy atom. The fraction of sp³-hybridized carbons (Fsp3) is 0.444. The van der Waals surface area contributed by atoms with Gasteiger partial charge in [-0.2, -0.15) is 13.9 Å². The molecule has 1 aliphatic heterocycles. The lowest BCUT2D eigenvalue weighted by molar-refractivity contribution is 0.0551. The van der Waals surface area contributed by atoms with Gasteiger partial charge in [0.2, 0.25) is 0 Å². The molecular formula is C18H22F2N4O2. The number of hydrogen-bond acceptors (Lipinski definition) is 4. The molecule has 1 N–H and O–H groups in total. The van der Waals surface area contributed by atoms with Crippen molar-refractivity contribution in [2.75, 3.05) is 32.7 Å². The summed E-state index contributed by atoms with van der Waals surface area (Å²) >= 11 is 0. The standard InChI is InChI=1S/C18H22F2N4O2/c19-18(20)24-10-7-15(21-24)17(26)23-9-4-8-22(11-12-23)13-16(25)14-5-2-1-3-6-14/h1-3,5-7,10,16,18,25H,4,8-9,11-13H2. The van der Waals surface area contributed by atoms with Crippen LogP contribution in [0.4, 0.5) is 8.78 Å². The van der Waals surface area contributed by atoms with Crippen molar-refractivity contribution < 1.29 is 18.7 Å². The zero-order chi connectivity index (χ0) is 18.5. The van der Waals surface area contributed by atoms with Gasteiger partial charge in [0.25, 0.3) is 5.91 Å². The van der Waals surface area contributed by atoms with E-state index in [4.69, 9.17) is 0 Å². The van der Waals surface area contributed by atoms with Crippen LogP contribution in [0.3, 0.4) is 0 Å². The molecule has 140 valence electrons. The average molecular weight is 364 g/mol. The van der Waals surface area contributed by atoms with Gasteiger partial charge in [-0.05, 0) is 18.1 Å². The quantitative estimate of drug-likeness (QED) is 0.883. The number of amides is 1. The maximum atomic E-state index is 12.6. The highest BCUT2D eigenvalue weighted by atomic mass is 19.3. The third-order valence-electron chi connectivity index (χ3n) is 4.52. The Morgan fingerprint density at radius 3 is 2.58 bits per heavy atom. The van der Waals surface area contributed by atoms with Crippen LogP contribution in [0.2, 0.25) is 0 Å². The van der Waals surface area contributed by atoms with E-state index in [0.717, 1.165) is 24.7 Å². The van der Waals surface area contributed by atoms with Gasteiger partial charge in [0.1, 0.15) is 0 Å². The van der Waals surface area contributed by atoms with Crippen molar-refractivity contribution >= 4 is 5.91 Å². The van der Waals surface area contributed by atoms with Crippen LogP contribution < -0.4 is 0 Å². The van der Waals surface area contributed by atoms with E-state index in [-0.39, 0.29) is 11.6 Å². The van der Waals surface area contributed by atoms with Crippen molar-refractivity contribution in [3.8, 4) is 0 Å². The molecule has 0 saturated carbocycles. The van der Waals surface area contributed by atoms with Crippen LogP contribution in [0.25, 0.3) is 0 Å². The van der Waals surface area contributed by atoms with Crippen LogP contribution in [-0.4, -0.2) is 63.3 Å². The fourth-order valence-corrected chi connectivity index (χ4v) is 3.10. The summed E-state index contributed by atoms with van der Waals surface area (Å²) in [6.45, 7) is 0.131. The molecule has 1 atom stereocenters. The first-order chi connectivity index (χ1) is 12.5. The zero-order valence-corrected chi connectivity index (χ0v) is 14.3. The SMILES string of the molecule is O=C(c1ccn(C(F)F)n1)N1CCCN(CC(O)c2ccccc2)CC1. The van der Waals surface area contributed by atoms with Crippen molar-refractivity contribution in [2.45, 2.75) is 19.1 Å². The number of β-amino-alcohol motifs (C(OH)–C–C–N with tert-alkyl or cyclic N) is 1. The summed E-state index contributed by atoms with van der Waals surface area (Å²) in [5.74, 6) is -0.338. The maximum absolute atomic E-state index is 12.6. The molecule has 1 unspecified atom stereocenters. The predicted octanol–water partition coefficient (Wildman–Crippen LogP) is 2.16. The topological polar surface area (TPSA) is 61.6 Å². The number of nitrogens with zero attached hydrogens (tertiary/aromatic N) is 4. The van der Waals surface area contributed by atoms with Gasteiger partial charge < -0.3 is 10.0 Å². The van der Waals surface area contributed by atoms with Crippen LogP contribution in [-0.2, 0) is 0 Å². The predicted molar refractivity (Wildman–Crippen MR) is 91.8 cm³/mol. The van der Waals surface area contributed by atoms with E-state index >= 15 is 0 Å². The first-order valence-electron chi connectivity index (χ1n) is 8.62. The molecule has 3 rings (SSSR count). The van der Waals surface area contributed by atoms with Crippen molar-refractivity contribution in [1.29, 1.82) is 0 Å². The minimum Gasteiger partial charge on any atom is -0.387 e. The Kier molecular flexibility index (Phi) is 5.95. The number of benzene rings is 1. The lowest BCUT2D eigenvalue weighted by atomic mass is 10.1. The van der Waals surface area contributed by atoms with Crippen LogP contribution in [0.1, 0.15) is 35.1 Å². The van der Waals surface area contributed by atoms with Crippen molar-refractivity contribution in [3.63, 3.8) is 0 Å². The highest BCUT2D eigenvalue weighted by Gasteiger charge is 2.24. The van der Waals surface area contributed by atoms with Crippen LogP contribution in [0.15, 0.2) is 42.6 Å². The molecule has 1 saturated heterocycles. The van der Waals surface area contributed by atoms with Crippen molar-refractivity contribution in [2.24, 2.45) is 0 Å². The van der Waals surface area contributed by atoms with Gasteiger partial charge in [-0.25, -0.2) is 4.68 Å². The number of aliphatic hydroxyl groups is 1. The molecule has 0 radical (unpaired) electrons. The number of aromatic nitrogens is 2. The van der Waals surface area contributed by atoms with Gasteiger partial charge in [0, 0.05) is 38.9 Å². The third-order valence-corrected chi connectivity index (χ3v) is 4.52. The van der Waals surface area contributed by atoms with Gasteiger partial charge in [-0.3, -0.25) is 9.69 Å². The lowest BCUT2D eigenvalue weighted by Gasteiger charge is -2.24. The second-order valence-electron chi connectivity index (χ2n) is 6.33. The molecule has 1 amide bonds. The number of alkyl halides is 2. The highest BCUT2D eigenvalue weighted by molar-refractivity contribution is 5.92. The van der Waals surface area contributed by atoms with E-state index in [1.54, 1.807) is 4.90 Å². The number of carbonyl (C=O) groups excluding carboxylic acids is 1. The van der Waals surface area contributed by atoms with E-state index in [1.807, 2.05) is 30.3 Å². The maximum Gasteiger partial charge on any atom is 0.333 e. The van der Waals surface area contributed by atoms with Crippen molar-refractivity contribution in [3.05, 3.63) is 53.9 Å². The minimum absolute atomic E-state index is 0.0306. The number of hydrogen-bond donors (Lipinski definition) is 1. The monoisotopic (exact) mass is 364 g/mol. The Morgan fingerprint density at radius 1 is 1.12 bits per heavy atom. The van der Waals surface area contributed by atoms with Crippen LogP contribution in [0, 0.1) is 0 Å². The van der Waals surface area contributed by atoms with E-state index < -0.39 is 12.7 Å². The highest BCUT2D eigenvalue weighted by Crippen LogP contribution is 2.16. The van der Waals surface area contributed by atoms with Crippen LogP contribution >= 0.6 is 0 Å². The number of halogens is 2.